The van der Waals surface area contributed by atoms with Crippen LogP contribution in [-0.2, 0) is 13.0 Å². The van der Waals surface area contributed by atoms with Crippen molar-refractivity contribution < 1.29 is 4.79 Å². The van der Waals surface area contributed by atoms with E-state index < -0.39 is 0 Å². The molecule has 1 amide bonds. The van der Waals surface area contributed by atoms with Gasteiger partial charge in [0.25, 0.3) is 5.91 Å². The lowest BCUT2D eigenvalue weighted by Crippen LogP contribution is -2.41. The predicted molar refractivity (Wildman–Crippen MR) is 94.8 cm³/mol. The maximum atomic E-state index is 13.0. The van der Waals surface area contributed by atoms with E-state index in [1.54, 1.807) is 0 Å². The molecule has 0 aliphatic carbocycles. The quantitative estimate of drug-likeness (QED) is 0.799. The first kappa shape index (κ1) is 15.6. The Bertz CT molecular complexity index is 910. The number of para-hydroxylation sites is 1. The van der Waals surface area contributed by atoms with Crippen molar-refractivity contribution in [3.63, 3.8) is 0 Å². The van der Waals surface area contributed by atoms with Gasteiger partial charge in [0.1, 0.15) is 11.6 Å². The third-order valence-electron chi connectivity index (χ3n) is 4.81. The van der Waals surface area contributed by atoms with Crippen LogP contribution in [0.15, 0.2) is 42.7 Å². The molecular formula is C19H21N5O. The zero-order chi connectivity index (χ0) is 17.4. The van der Waals surface area contributed by atoms with Crippen LogP contribution in [0.3, 0.4) is 0 Å². The van der Waals surface area contributed by atoms with E-state index in [9.17, 15) is 4.79 Å². The number of fused-ring (bicyclic) bond motifs is 1. The van der Waals surface area contributed by atoms with Crippen LogP contribution in [0, 0.1) is 13.8 Å². The zero-order valence-electron chi connectivity index (χ0n) is 14.4. The summed E-state index contributed by atoms with van der Waals surface area (Å²) in [6.07, 6.45) is 5.65. The van der Waals surface area contributed by atoms with Crippen molar-refractivity contribution in [2.45, 2.75) is 39.3 Å². The molecule has 1 N–H and O–H groups in total. The van der Waals surface area contributed by atoms with Crippen LogP contribution in [-0.4, -0.2) is 31.3 Å². The molecule has 128 valence electrons. The Balaban J connectivity index is 1.59. The molecule has 3 heterocycles. The van der Waals surface area contributed by atoms with Gasteiger partial charge >= 0.3 is 0 Å². The third-order valence-corrected chi connectivity index (χ3v) is 4.81. The minimum Gasteiger partial charge on any atom is -0.347 e. The minimum absolute atomic E-state index is 0.0356. The van der Waals surface area contributed by atoms with Crippen LogP contribution in [0.4, 0.5) is 0 Å². The highest BCUT2D eigenvalue weighted by Gasteiger charge is 2.24. The maximum Gasteiger partial charge on any atom is 0.253 e. The van der Waals surface area contributed by atoms with Gasteiger partial charge in [0.2, 0.25) is 0 Å². The van der Waals surface area contributed by atoms with Gasteiger partial charge in [-0.1, -0.05) is 12.1 Å². The van der Waals surface area contributed by atoms with E-state index in [1.807, 2.05) is 61.1 Å². The molecular weight excluding hydrogens is 314 g/mol. The Hall–Kier alpha value is -2.89. The summed E-state index contributed by atoms with van der Waals surface area (Å²) in [5.74, 6) is 1.87. The second kappa shape index (κ2) is 6.20. The molecule has 6 heteroatoms. The molecule has 1 aromatic carbocycles. The molecule has 1 aliphatic rings. The molecule has 1 unspecified atom stereocenters. The molecule has 0 spiro atoms. The van der Waals surface area contributed by atoms with Crippen molar-refractivity contribution in [1.29, 1.82) is 0 Å². The fraction of sp³-hybridized carbons (Fsp3) is 0.316. The second-order valence-corrected chi connectivity index (χ2v) is 6.54. The first-order chi connectivity index (χ1) is 12.1. The lowest BCUT2D eigenvalue weighted by molar-refractivity contribution is 0.0927. The van der Waals surface area contributed by atoms with Gasteiger partial charge in [-0.05, 0) is 44.0 Å². The minimum atomic E-state index is -0.0356. The number of carbonyl (C=O) groups excluding carboxylic acids is 1. The van der Waals surface area contributed by atoms with Crippen molar-refractivity contribution >= 4 is 5.91 Å². The lowest BCUT2D eigenvalue weighted by atomic mass is 10.0. The van der Waals surface area contributed by atoms with Crippen molar-refractivity contribution in [1.82, 2.24) is 24.6 Å². The van der Waals surface area contributed by atoms with Gasteiger partial charge in [0.15, 0.2) is 0 Å². The van der Waals surface area contributed by atoms with Crippen LogP contribution < -0.4 is 5.32 Å². The molecule has 4 rings (SSSR count). The summed E-state index contributed by atoms with van der Waals surface area (Å²) in [4.78, 5) is 13.0. The zero-order valence-corrected chi connectivity index (χ0v) is 14.4. The first-order valence-corrected chi connectivity index (χ1v) is 8.56. The molecule has 1 atom stereocenters. The van der Waals surface area contributed by atoms with Crippen LogP contribution in [0.25, 0.3) is 5.69 Å². The van der Waals surface area contributed by atoms with E-state index >= 15 is 0 Å². The monoisotopic (exact) mass is 335 g/mol. The van der Waals surface area contributed by atoms with Crippen LogP contribution in [0.2, 0.25) is 0 Å². The maximum absolute atomic E-state index is 13.0. The van der Waals surface area contributed by atoms with Gasteiger partial charge in [-0.15, -0.1) is 10.2 Å². The number of nitrogens with one attached hydrogen (secondary N) is 1. The summed E-state index contributed by atoms with van der Waals surface area (Å²) >= 11 is 0. The Labute approximate surface area is 146 Å². The molecule has 1 aliphatic heterocycles. The standard InChI is InChI=1S/C19H21N5O/c1-13-6-5-7-16(18(13)23-10-3-4-11-23)19(25)20-15-8-9-17-22-21-14(2)24(17)12-15/h3-7,10-11,15H,8-9,12H2,1-2H3,(H,20,25). The average Bonchev–Trinajstić information content (AvgIpc) is 3.25. The second-order valence-electron chi connectivity index (χ2n) is 6.54. The van der Waals surface area contributed by atoms with Gasteiger partial charge < -0.3 is 14.5 Å². The van der Waals surface area contributed by atoms with Crippen molar-refractivity contribution in [2.24, 2.45) is 0 Å². The smallest absolute Gasteiger partial charge is 0.253 e. The summed E-state index contributed by atoms with van der Waals surface area (Å²) < 4.78 is 4.09. The topological polar surface area (TPSA) is 64.7 Å². The van der Waals surface area contributed by atoms with Crippen molar-refractivity contribution in [2.75, 3.05) is 0 Å². The highest BCUT2D eigenvalue weighted by atomic mass is 16.1. The van der Waals surface area contributed by atoms with Crippen LogP contribution in [0.1, 0.15) is 34.0 Å². The predicted octanol–water partition coefficient (Wildman–Crippen LogP) is 2.43. The molecule has 2 aromatic heterocycles. The lowest BCUT2D eigenvalue weighted by Gasteiger charge is -2.25. The van der Waals surface area contributed by atoms with E-state index in [2.05, 4.69) is 20.1 Å². The summed E-state index contributed by atoms with van der Waals surface area (Å²) in [6.45, 7) is 4.70. The van der Waals surface area contributed by atoms with E-state index in [4.69, 9.17) is 0 Å². The highest BCUT2D eigenvalue weighted by molar-refractivity contribution is 5.98. The van der Waals surface area contributed by atoms with E-state index in [0.717, 1.165) is 42.3 Å². The highest BCUT2D eigenvalue weighted by Crippen LogP contribution is 2.21. The number of hydrogen-bond donors (Lipinski definition) is 1. The molecule has 6 nitrogen and oxygen atoms in total. The van der Waals surface area contributed by atoms with E-state index in [0.29, 0.717) is 5.56 Å². The number of benzene rings is 1. The fourth-order valence-corrected chi connectivity index (χ4v) is 3.51. The average molecular weight is 335 g/mol. The molecule has 0 fully saturated rings. The first-order valence-electron chi connectivity index (χ1n) is 8.56. The summed E-state index contributed by atoms with van der Waals surface area (Å²) in [7, 11) is 0. The normalized spacial score (nSPS) is 16.5. The van der Waals surface area contributed by atoms with Gasteiger partial charge in [-0.2, -0.15) is 0 Å². The molecule has 0 saturated heterocycles. The number of aryl methyl sites for hydroxylation is 3. The molecule has 0 radical (unpaired) electrons. The molecule has 0 saturated carbocycles. The van der Waals surface area contributed by atoms with Gasteiger partial charge in [0, 0.05) is 31.4 Å². The Morgan fingerprint density at radius 2 is 1.96 bits per heavy atom. The number of carbonyl (C=O) groups is 1. The van der Waals surface area contributed by atoms with Crippen LogP contribution >= 0.6 is 0 Å². The van der Waals surface area contributed by atoms with E-state index in [1.165, 1.54) is 0 Å². The van der Waals surface area contributed by atoms with Crippen molar-refractivity contribution in [3.8, 4) is 5.69 Å². The number of aromatic nitrogens is 4. The third kappa shape index (κ3) is 2.84. The largest absolute Gasteiger partial charge is 0.347 e. The fourth-order valence-electron chi connectivity index (χ4n) is 3.51. The molecule has 3 aromatic rings. The Morgan fingerprint density at radius 3 is 2.76 bits per heavy atom. The van der Waals surface area contributed by atoms with Gasteiger partial charge in [-0.25, -0.2) is 0 Å². The van der Waals surface area contributed by atoms with Gasteiger partial charge in [-0.3, -0.25) is 4.79 Å². The summed E-state index contributed by atoms with van der Waals surface area (Å²) in [5, 5.41) is 11.5. The number of nitrogens with zero attached hydrogens (tertiary/aromatic N) is 4. The Kier molecular flexibility index (Phi) is 3.87. The van der Waals surface area contributed by atoms with Crippen molar-refractivity contribution in [3.05, 3.63) is 65.5 Å². The summed E-state index contributed by atoms with van der Waals surface area (Å²) in [5.41, 5.74) is 2.70. The SMILES string of the molecule is Cc1cccc(C(=O)NC2CCc3nnc(C)n3C2)c1-n1cccc1. The number of rotatable bonds is 3. The van der Waals surface area contributed by atoms with E-state index in [-0.39, 0.29) is 11.9 Å². The molecule has 25 heavy (non-hydrogen) atoms. The number of amides is 1. The molecule has 0 bridgehead atoms. The van der Waals surface area contributed by atoms with Crippen LogP contribution in [0.5, 0.6) is 0 Å². The number of hydrogen-bond acceptors (Lipinski definition) is 3. The Morgan fingerprint density at radius 1 is 1.16 bits per heavy atom. The van der Waals surface area contributed by atoms with Gasteiger partial charge in [0.05, 0.1) is 11.3 Å². The summed E-state index contributed by atoms with van der Waals surface area (Å²) in [6, 6.07) is 9.86.